The largest absolute Gasteiger partial charge is 0.480 e. The van der Waals surface area contributed by atoms with Crippen LogP contribution in [0.15, 0.2) is 6.33 Å². The third-order valence-corrected chi connectivity index (χ3v) is 6.02. The molecule has 0 radical (unpaired) electrons. The van der Waals surface area contributed by atoms with Gasteiger partial charge in [-0.2, -0.15) is 0 Å². The molecule has 2 fully saturated rings. The third-order valence-electron chi connectivity index (χ3n) is 4.31. The van der Waals surface area contributed by atoms with Crippen molar-refractivity contribution in [3.05, 3.63) is 6.33 Å². The minimum Gasteiger partial charge on any atom is -0.480 e. The Morgan fingerprint density at radius 3 is 2.86 bits per heavy atom. The van der Waals surface area contributed by atoms with Crippen LogP contribution in [0.3, 0.4) is 0 Å². The predicted octanol–water partition coefficient (Wildman–Crippen LogP) is -0.640. The van der Waals surface area contributed by atoms with Crippen molar-refractivity contribution in [2.75, 3.05) is 6.54 Å². The molecule has 10 heteroatoms. The fourth-order valence-electron chi connectivity index (χ4n) is 3.10. The summed E-state index contributed by atoms with van der Waals surface area (Å²) in [4.78, 5) is 25.4. The molecule has 1 amide bonds. The zero-order valence-corrected chi connectivity index (χ0v) is 13.0. The van der Waals surface area contributed by atoms with Crippen molar-refractivity contribution < 1.29 is 19.8 Å². The lowest BCUT2D eigenvalue weighted by Crippen LogP contribution is -2.60. The molecule has 22 heavy (non-hydrogen) atoms. The lowest BCUT2D eigenvalue weighted by Gasteiger charge is -2.42. The molecule has 120 valence electrons. The Morgan fingerprint density at radius 2 is 2.32 bits per heavy atom. The molecule has 0 aromatic carbocycles. The summed E-state index contributed by atoms with van der Waals surface area (Å²) in [6.07, 6.45) is 0.964. The molecule has 1 aromatic rings. The predicted molar refractivity (Wildman–Crippen MR) is 75.8 cm³/mol. The summed E-state index contributed by atoms with van der Waals surface area (Å²) in [6.45, 7) is 3.54. The van der Waals surface area contributed by atoms with Gasteiger partial charge in [-0.3, -0.25) is 9.59 Å². The van der Waals surface area contributed by atoms with Gasteiger partial charge in [0.15, 0.2) is 0 Å². The van der Waals surface area contributed by atoms with E-state index in [2.05, 4.69) is 15.5 Å². The number of hydrogen-bond donors (Lipinski definition) is 2. The van der Waals surface area contributed by atoms with Gasteiger partial charge in [0.05, 0.1) is 23.4 Å². The Kier molecular flexibility index (Phi) is 3.60. The summed E-state index contributed by atoms with van der Waals surface area (Å²) in [5.41, 5.74) is 0. The Labute approximate surface area is 130 Å². The first kappa shape index (κ1) is 15.2. The maximum Gasteiger partial charge on any atom is 0.321 e. The monoisotopic (exact) mass is 327 g/mol. The summed E-state index contributed by atoms with van der Waals surface area (Å²) in [7, 11) is 0. The second-order valence-electron chi connectivity index (χ2n) is 5.88. The second-order valence-corrected chi connectivity index (χ2v) is 7.38. The van der Waals surface area contributed by atoms with E-state index in [-0.39, 0.29) is 23.9 Å². The number of aliphatic hydroxyl groups excluding tert-OH is 1. The smallest absolute Gasteiger partial charge is 0.321 e. The highest BCUT2D eigenvalue weighted by Gasteiger charge is 2.62. The van der Waals surface area contributed by atoms with E-state index in [4.69, 9.17) is 0 Å². The van der Waals surface area contributed by atoms with Gasteiger partial charge in [-0.25, -0.2) is 4.68 Å². The number of thioether (sulfide) groups is 1. The fourth-order valence-corrected chi connectivity index (χ4v) is 5.01. The van der Waals surface area contributed by atoms with Crippen LogP contribution in [-0.2, 0) is 9.59 Å². The zero-order chi connectivity index (χ0) is 16.1. The quantitative estimate of drug-likeness (QED) is 0.685. The average Bonchev–Trinajstić information content (AvgIpc) is 3.05. The molecular formula is C12H17N5O4S. The van der Waals surface area contributed by atoms with E-state index in [9.17, 15) is 19.8 Å². The minimum absolute atomic E-state index is 0.145. The van der Waals surface area contributed by atoms with Gasteiger partial charge in [0.2, 0.25) is 5.91 Å². The normalized spacial score (nSPS) is 33.2. The number of aliphatic hydroxyl groups is 1. The van der Waals surface area contributed by atoms with Crippen LogP contribution in [0.1, 0.15) is 26.3 Å². The Morgan fingerprint density at radius 1 is 1.59 bits per heavy atom. The molecule has 0 spiro atoms. The van der Waals surface area contributed by atoms with Gasteiger partial charge < -0.3 is 15.1 Å². The zero-order valence-electron chi connectivity index (χ0n) is 12.2. The molecule has 1 unspecified atom stereocenters. The number of tetrazole rings is 1. The maximum atomic E-state index is 12.0. The van der Waals surface area contributed by atoms with Gasteiger partial charge in [-0.05, 0) is 30.7 Å². The highest BCUT2D eigenvalue weighted by molar-refractivity contribution is 8.02. The molecule has 9 nitrogen and oxygen atoms in total. The first-order valence-corrected chi connectivity index (χ1v) is 7.86. The number of carboxylic acid groups (broad SMARTS) is 1. The van der Waals surface area contributed by atoms with Crippen LogP contribution < -0.4 is 0 Å². The standard InChI is InChI=1S/C12H17N5O4S/c1-6(17-5-13-14-15-17)3-12(11(20)21)4-16-9(19)8(7(2)18)10(16)22-12/h5-8,10,18H,3-4H2,1-2H3,(H,20,21)/t6-,7-,8+,10-,12?/m1/s1. The minimum atomic E-state index is -1.10. The molecule has 3 heterocycles. The van der Waals surface area contributed by atoms with Crippen molar-refractivity contribution in [2.24, 2.45) is 5.92 Å². The van der Waals surface area contributed by atoms with Crippen LogP contribution in [0.4, 0.5) is 0 Å². The van der Waals surface area contributed by atoms with Gasteiger partial charge >= 0.3 is 5.97 Å². The van der Waals surface area contributed by atoms with Gasteiger partial charge in [-0.1, -0.05) is 0 Å². The second kappa shape index (κ2) is 5.20. The molecule has 3 rings (SSSR count). The van der Waals surface area contributed by atoms with Crippen LogP contribution in [0.2, 0.25) is 0 Å². The molecule has 0 aliphatic carbocycles. The van der Waals surface area contributed by atoms with E-state index >= 15 is 0 Å². The lowest BCUT2D eigenvalue weighted by molar-refractivity contribution is -0.156. The van der Waals surface area contributed by atoms with Crippen molar-refractivity contribution in [1.82, 2.24) is 25.1 Å². The van der Waals surface area contributed by atoms with Gasteiger partial charge in [0.25, 0.3) is 0 Å². The summed E-state index contributed by atoms with van der Waals surface area (Å²) in [6, 6.07) is -0.211. The number of aliphatic carboxylic acids is 1. The summed E-state index contributed by atoms with van der Waals surface area (Å²) in [5, 5.41) is 30.0. The average molecular weight is 327 g/mol. The van der Waals surface area contributed by atoms with Crippen molar-refractivity contribution in [2.45, 2.75) is 42.5 Å². The number of carboxylic acids is 1. The van der Waals surface area contributed by atoms with Crippen LogP contribution in [0.5, 0.6) is 0 Å². The van der Waals surface area contributed by atoms with Gasteiger partial charge in [0.1, 0.15) is 11.1 Å². The van der Waals surface area contributed by atoms with E-state index < -0.39 is 22.7 Å². The number of rotatable bonds is 5. The SMILES string of the molecule is C[C@H](CC1(C(=O)O)CN2C(=O)[C@H]([C@@H](C)O)[C@H]2S1)n1cnnn1. The number of aromatic nitrogens is 4. The number of β-lactam (4-membered cyclic amide) rings is 1. The molecule has 2 saturated heterocycles. The number of carbonyl (C=O) groups excluding carboxylic acids is 1. The van der Waals surface area contributed by atoms with Crippen LogP contribution in [0.25, 0.3) is 0 Å². The Balaban J connectivity index is 1.80. The summed E-state index contributed by atoms with van der Waals surface area (Å²) >= 11 is 1.25. The van der Waals surface area contributed by atoms with Gasteiger partial charge in [0, 0.05) is 6.54 Å². The number of fused-ring (bicyclic) bond motifs is 1. The molecule has 0 bridgehead atoms. The van der Waals surface area contributed by atoms with E-state index in [0.717, 1.165) is 0 Å². The highest BCUT2D eigenvalue weighted by atomic mass is 32.2. The van der Waals surface area contributed by atoms with E-state index in [1.165, 1.54) is 22.8 Å². The number of amides is 1. The number of carbonyl (C=O) groups is 2. The molecule has 5 atom stereocenters. The summed E-state index contributed by atoms with van der Waals surface area (Å²) in [5.74, 6) is -1.65. The van der Waals surface area contributed by atoms with Crippen LogP contribution in [0, 0.1) is 5.92 Å². The number of hydrogen-bond acceptors (Lipinski definition) is 7. The van der Waals surface area contributed by atoms with Gasteiger partial charge in [-0.15, -0.1) is 16.9 Å². The topological polar surface area (TPSA) is 121 Å². The first-order chi connectivity index (χ1) is 10.4. The molecular weight excluding hydrogens is 310 g/mol. The van der Waals surface area contributed by atoms with E-state index in [1.54, 1.807) is 11.8 Å². The lowest BCUT2D eigenvalue weighted by atomic mass is 9.90. The van der Waals surface area contributed by atoms with Crippen LogP contribution in [-0.4, -0.2) is 70.0 Å². The van der Waals surface area contributed by atoms with Crippen molar-refractivity contribution in [3.8, 4) is 0 Å². The molecule has 2 aliphatic heterocycles. The first-order valence-electron chi connectivity index (χ1n) is 6.98. The van der Waals surface area contributed by atoms with E-state index in [1.807, 2.05) is 6.92 Å². The third kappa shape index (κ3) is 2.17. The van der Waals surface area contributed by atoms with Crippen LogP contribution >= 0.6 is 11.8 Å². The van der Waals surface area contributed by atoms with Crippen molar-refractivity contribution in [3.63, 3.8) is 0 Å². The molecule has 2 N–H and O–H groups in total. The van der Waals surface area contributed by atoms with Crippen molar-refractivity contribution in [1.29, 1.82) is 0 Å². The molecule has 2 aliphatic rings. The Bertz CT molecular complexity index is 594. The van der Waals surface area contributed by atoms with E-state index in [0.29, 0.717) is 6.42 Å². The fraction of sp³-hybridized carbons (Fsp3) is 0.750. The molecule has 1 aromatic heterocycles. The highest BCUT2D eigenvalue weighted by Crippen LogP contribution is 2.53. The molecule has 0 saturated carbocycles. The Hall–Kier alpha value is -1.68. The van der Waals surface area contributed by atoms with Crippen molar-refractivity contribution >= 4 is 23.6 Å². The summed E-state index contributed by atoms with van der Waals surface area (Å²) < 4.78 is 0.407. The maximum absolute atomic E-state index is 12.0. The number of nitrogens with zero attached hydrogens (tertiary/aromatic N) is 5.